The lowest BCUT2D eigenvalue weighted by atomic mass is 10.1. The Labute approximate surface area is 130 Å². The molecule has 122 valence electrons. The number of hydrogen-bond acceptors (Lipinski definition) is 4. The highest BCUT2D eigenvalue weighted by molar-refractivity contribution is 5.77. The Morgan fingerprint density at radius 3 is 2.27 bits per heavy atom. The summed E-state index contributed by atoms with van der Waals surface area (Å²) >= 11 is 0. The molecule has 0 bridgehead atoms. The van der Waals surface area contributed by atoms with E-state index in [1.165, 1.54) is 6.07 Å². The van der Waals surface area contributed by atoms with Crippen molar-refractivity contribution in [2.24, 2.45) is 0 Å². The highest BCUT2D eigenvalue weighted by Crippen LogP contribution is 2.07. The molecule has 1 aromatic carbocycles. The van der Waals surface area contributed by atoms with Crippen molar-refractivity contribution in [3.8, 4) is 0 Å². The maximum absolute atomic E-state index is 13.3. The highest BCUT2D eigenvalue weighted by Gasteiger charge is 2.09. The van der Waals surface area contributed by atoms with Crippen molar-refractivity contribution in [1.82, 2.24) is 0 Å². The molecule has 5 heteroatoms. The predicted molar refractivity (Wildman–Crippen MR) is 80.8 cm³/mol. The van der Waals surface area contributed by atoms with Gasteiger partial charge >= 0.3 is 11.9 Å². The van der Waals surface area contributed by atoms with Crippen LogP contribution in [0.25, 0.3) is 0 Å². The molecule has 0 heterocycles. The third-order valence-corrected chi connectivity index (χ3v) is 3.14. The SMILES string of the molecule is CCCCCOC(=O)CCC(=O)OCCc1ccccc1F. The molecule has 0 saturated carbocycles. The summed E-state index contributed by atoms with van der Waals surface area (Å²) in [5.41, 5.74) is 0.505. The molecule has 4 nitrogen and oxygen atoms in total. The Bertz CT molecular complexity index is 473. The number of carbonyl (C=O) groups excluding carboxylic acids is 2. The Hall–Kier alpha value is -1.91. The highest BCUT2D eigenvalue weighted by atomic mass is 19.1. The summed E-state index contributed by atoms with van der Waals surface area (Å²) in [5.74, 6) is -1.17. The average Bonchev–Trinajstić information content (AvgIpc) is 2.51. The average molecular weight is 310 g/mol. The van der Waals surface area contributed by atoms with Crippen molar-refractivity contribution in [1.29, 1.82) is 0 Å². The Morgan fingerprint density at radius 2 is 1.64 bits per heavy atom. The molecule has 0 saturated heterocycles. The number of carbonyl (C=O) groups is 2. The van der Waals surface area contributed by atoms with Gasteiger partial charge in [-0.15, -0.1) is 0 Å². The molecular formula is C17H23FO4. The zero-order chi connectivity index (χ0) is 16.2. The van der Waals surface area contributed by atoms with Gasteiger partial charge in [0.05, 0.1) is 26.1 Å². The molecule has 0 aliphatic rings. The summed E-state index contributed by atoms with van der Waals surface area (Å²) < 4.78 is 23.3. The van der Waals surface area contributed by atoms with Gasteiger partial charge in [-0.3, -0.25) is 9.59 Å². The smallest absolute Gasteiger partial charge is 0.306 e. The first-order valence-corrected chi connectivity index (χ1v) is 7.68. The van der Waals surface area contributed by atoms with Crippen LogP contribution in [0.3, 0.4) is 0 Å². The minimum absolute atomic E-state index is 0.0100. The molecule has 0 radical (unpaired) electrons. The van der Waals surface area contributed by atoms with E-state index in [4.69, 9.17) is 9.47 Å². The topological polar surface area (TPSA) is 52.6 Å². The third kappa shape index (κ3) is 7.76. The van der Waals surface area contributed by atoms with Crippen molar-refractivity contribution < 1.29 is 23.5 Å². The van der Waals surface area contributed by atoms with Crippen LogP contribution in [0.4, 0.5) is 4.39 Å². The second-order valence-corrected chi connectivity index (χ2v) is 4.99. The van der Waals surface area contributed by atoms with Gasteiger partial charge in [0.2, 0.25) is 0 Å². The number of hydrogen-bond donors (Lipinski definition) is 0. The number of benzene rings is 1. The van der Waals surface area contributed by atoms with Gasteiger partial charge in [-0.25, -0.2) is 4.39 Å². The molecule has 0 N–H and O–H groups in total. The monoisotopic (exact) mass is 310 g/mol. The summed E-state index contributed by atoms with van der Waals surface area (Å²) in [6, 6.07) is 6.36. The van der Waals surface area contributed by atoms with Crippen molar-refractivity contribution >= 4 is 11.9 Å². The maximum atomic E-state index is 13.3. The molecule has 0 spiro atoms. The van der Waals surface area contributed by atoms with Gasteiger partial charge < -0.3 is 9.47 Å². The van der Waals surface area contributed by atoms with Crippen LogP contribution in [0.5, 0.6) is 0 Å². The van der Waals surface area contributed by atoms with Crippen LogP contribution in [0.1, 0.15) is 44.6 Å². The minimum Gasteiger partial charge on any atom is -0.466 e. The van der Waals surface area contributed by atoms with Crippen LogP contribution in [-0.4, -0.2) is 25.2 Å². The van der Waals surface area contributed by atoms with Gasteiger partial charge in [-0.2, -0.15) is 0 Å². The molecule has 0 atom stereocenters. The van der Waals surface area contributed by atoms with Gasteiger partial charge in [0, 0.05) is 6.42 Å². The van der Waals surface area contributed by atoms with Crippen molar-refractivity contribution in [2.75, 3.05) is 13.2 Å². The molecule has 1 rings (SSSR count). The molecule has 0 aromatic heterocycles. The number of halogens is 1. The zero-order valence-electron chi connectivity index (χ0n) is 13.0. The first-order valence-electron chi connectivity index (χ1n) is 7.68. The normalized spacial score (nSPS) is 10.3. The molecule has 22 heavy (non-hydrogen) atoms. The first-order chi connectivity index (χ1) is 10.6. The van der Waals surface area contributed by atoms with E-state index in [0.717, 1.165) is 19.3 Å². The molecule has 0 fully saturated rings. The van der Waals surface area contributed by atoms with E-state index in [1.807, 2.05) is 0 Å². The van der Waals surface area contributed by atoms with E-state index in [-0.39, 0.29) is 31.2 Å². The van der Waals surface area contributed by atoms with Crippen molar-refractivity contribution in [3.63, 3.8) is 0 Å². The Balaban J connectivity index is 2.11. The fraction of sp³-hybridized carbons (Fsp3) is 0.529. The lowest BCUT2D eigenvalue weighted by molar-refractivity contribution is -0.150. The lowest BCUT2D eigenvalue weighted by Crippen LogP contribution is -2.12. The van der Waals surface area contributed by atoms with Gasteiger partial charge in [-0.1, -0.05) is 38.0 Å². The van der Waals surface area contributed by atoms with Gasteiger partial charge in [0.15, 0.2) is 0 Å². The van der Waals surface area contributed by atoms with Crippen molar-refractivity contribution in [3.05, 3.63) is 35.6 Å². The van der Waals surface area contributed by atoms with Gasteiger partial charge in [0.1, 0.15) is 5.82 Å². The predicted octanol–water partition coefficient (Wildman–Crippen LogP) is 3.43. The van der Waals surface area contributed by atoms with Crippen LogP contribution in [0.2, 0.25) is 0 Å². The second-order valence-electron chi connectivity index (χ2n) is 4.99. The zero-order valence-corrected chi connectivity index (χ0v) is 13.0. The van der Waals surface area contributed by atoms with E-state index in [1.54, 1.807) is 18.2 Å². The van der Waals surface area contributed by atoms with Crippen LogP contribution in [-0.2, 0) is 25.5 Å². The lowest BCUT2D eigenvalue weighted by Gasteiger charge is -2.06. The van der Waals surface area contributed by atoms with Crippen LogP contribution >= 0.6 is 0 Å². The fourth-order valence-corrected chi connectivity index (χ4v) is 1.86. The van der Waals surface area contributed by atoms with Gasteiger partial charge in [-0.05, 0) is 18.1 Å². The summed E-state index contributed by atoms with van der Waals surface area (Å²) in [5, 5.41) is 0. The number of unbranched alkanes of at least 4 members (excludes halogenated alkanes) is 2. The molecular weight excluding hydrogens is 287 g/mol. The summed E-state index contributed by atoms with van der Waals surface area (Å²) in [6.45, 7) is 2.57. The maximum Gasteiger partial charge on any atom is 0.306 e. The van der Waals surface area contributed by atoms with Crippen molar-refractivity contribution in [2.45, 2.75) is 45.4 Å². The molecule has 1 aromatic rings. The number of esters is 2. The van der Waals surface area contributed by atoms with E-state index in [2.05, 4.69) is 6.92 Å². The van der Waals surface area contributed by atoms with E-state index in [0.29, 0.717) is 18.6 Å². The standard InChI is InChI=1S/C17H23FO4/c1-2-3-6-12-21-16(19)9-10-17(20)22-13-11-14-7-4-5-8-15(14)18/h4-5,7-8H,2-3,6,9-13H2,1H3. The molecule has 0 aliphatic carbocycles. The first kappa shape index (κ1) is 18.1. The number of ether oxygens (including phenoxy) is 2. The van der Waals surface area contributed by atoms with Gasteiger partial charge in [0.25, 0.3) is 0 Å². The van der Waals surface area contributed by atoms with Crippen LogP contribution in [0, 0.1) is 5.82 Å². The molecule has 0 unspecified atom stereocenters. The molecule has 0 aliphatic heterocycles. The summed E-state index contributed by atoms with van der Waals surface area (Å²) in [6.07, 6.45) is 3.25. The van der Waals surface area contributed by atoms with Crippen LogP contribution < -0.4 is 0 Å². The second kappa shape index (κ2) is 10.8. The summed E-state index contributed by atoms with van der Waals surface area (Å²) in [4.78, 5) is 22.8. The van der Waals surface area contributed by atoms with Crippen LogP contribution in [0.15, 0.2) is 24.3 Å². The minimum atomic E-state index is -0.471. The fourth-order valence-electron chi connectivity index (χ4n) is 1.86. The summed E-state index contributed by atoms with van der Waals surface area (Å²) in [7, 11) is 0. The third-order valence-electron chi connectivity index (χ3n) is 3.14. The Morgan fingerprint density at radius 1 is 1.00 bits per heavy atom. The molecule has 0 amide bonds. The van der Waals surface area contributed by atoms with E-state index < -0.39 is 5.97 Å². The Kier molecular flexibility index (Phi) is 8.88. The largest absolute Gasteiger partial charge is 0.466 e. The number of rotatable bonds is 10. The van der Waals surface area contributed by atoms with E-state index in [9.17, 15) is 14.0 Å². The van der Waals surface area contributed by atoms with E-state index >= 15 is 0 Å². The quantitative estimate of drug-likeness (QED) is 0.491.